The first-order chi connectivity index (χ1) is 4.76. The Morgan fingerprint density at radius 2 is 1.82 bits per heavy atom. The van der Waals surface area contributed by atoms with Gasteiger partial charge in [0.25, 0.3) is 4.33 Å². The SMILES string of the molecule is O=C1OC(C(Cl)(Cl)Cl)C1(Cl)Cl. The molecular weight excluding hydrogens is 257 g/mol. The van der Waals surface area contributed by atoms with Gasteiger partial charge in [-0.15, -0.1) is 0 Å². The molecule has 0 spiro atoms. The predicted molar refractivity (Wildman–Crippen MR) is 44.6 cm³/mol. The van der Waals surface area contributed by atoms with Crippen LogP contribution in [-0.4, -0.2) is 20.2 Å². The third kappa shape index (κ3) is 1.65. The third-order valence-electron chi connectivity index (χ3n) is 1.12. The summed E-state index contributed by atoms with van der Waals surface area (Å²) in [7, 11) is 0. The summed E-state index contributed by atoms with van der Waals surface area (Å²) < 4.78 is 0.909. The van der Waals surface area contributed by atoms with Gasteiger partial charge in [0.15, 0.2) is 6.10 Å². The van der Waals surface area contributed by atoms with Gasteiger partial charge < -0.3 is 4.74 Å². The Morgan fingerprint density at radius 1 is 1.36 bits per heavy atom. The lowest BCUT2D eigenvalue weighted by molar-refractivity contribution is -0.171. The number of cyclic esters (lactones) is 1. The van der Waals surface area contributed by atoms with Crippen molar-refractivity contribution in [2.45, 2.75) is 14.2 Å². The minimum atomic E-state index is -1.78. The van der Waals surface area contributed by atoms with Gasteiger partial charge in [-0.1, -0.05) is 58.0 Å². The lowest BCUT2D eigenvalue weighted by Gasteiger charge is -2.40. The van der Waals surface area contributed by atoms with E-state index < -0.39 is 20.2 Å². The van der Waals surface area contributed by atoms with Crippen LogP contribution in [0.3, 0.4) is 0 Å². The highest BCUT2D eigenvalue weighted by molar-refractivity contribution is 6.70. The second-order valence-electron chi connectivity index (χ2n) is 1.95. The summed E-state index contributed by atoms with van der Waals surface area (Å²) in [6.45, 7) is 0. The molecule has 1 aliphatic heterocycles. The molecule has 1 rings (SSSR count). The molecule has 64 valence electrons. The molecule has 0 bridgehead atoms. The van der Waals surface area contributed by atoms with Crippen LogP contribution >= 0.6 is 58.0 Å². The fourth-order valence-corrected chi connectivity index (χ4v) is 2.05. The van der Waals surface area contributed by atoms with E-state index in [9.17, 15) is 4.79 Å². The van der Waals surface area contributed by atoms with Gasteiger partial charge >= 0.3 is 5.97 Å². The van der Waals surface area contributed by atoms with Crippen molar-refractivity contribution in [3.63, 3.8) is 0 Å². The Kier molecular flexibility index (Phi) is 2.46. The van der Waals surface area contributed by atoms with Gasteiger partial charge in [-0.05, 0) is 0 Å². The number of halogens is 5. The van der Waals surface area contributed by atoms with E-state index in [4.69, 9.17) is 58.0 Å². The molecule has 1 fully saturated rings. The highest BCUT2D eigenvalue weighted by Crippen LogP contribution is 2.49. The Bertz CT molecular complexity index is 195. The van der Waals surface area contributed by atoms with E-state index in [0.717, 1.165) is 0 Å². The summed E-state index contributed by atoms with van der Waals surface area (Å²) in [4.78, 5) is 10.5. The Hall–Kier alpha value is 0.920. The second kappa shape index (κ2) is 2.71. The summed E-state index contributed by atoms with van der Waals surface area (Å²) in [6, 6.07) is 0. The molecule has 2 nitrogen and oxygen atoms in total. The fraction of sp³-hybridized carbons (Fsp3) is 0.750. The second-order valence-corrected chi connectivity index (χ2v) is 5.70. The van der Waals surface area contributed by atoms with Crippen LogP contribution in [0.15, 0.2) is 0 Å². The quantitative estimate of drug-likeness (QED) is 0.493. The molecule has 0 N–H and O–H groups in total. The molecule has 0 aromatic rings. The minimum absolute atomic E-state index is 0.794. The Labute approximate surface area is 87.6 Å². The molecule has 1 saturated heterocycles. The molecule has 0 aliphatic carbocycles. The molecule has 11 heavy (non-hydrogen) atoms. The normalized spacial score (nSPS) is 29.2. The van der Waals surface area contributed by atoms with Gasteiger partial charge in [-0.25, -0.2) is 4.79 Å². The molecule has 0 aromatic heterocycles. The number of hydrogen-bond acceptors (Lipinski definition) is 2. The number of alkyl halides is 5. The van der Waals surface area contributed by atoms with Crippen molar-refractivity contribution in [1.29, 1.82) is 0 Å². The van der Waals surface area contributed by atoms with Crippen molar-refractivity contribution in [1.82, 2.24) is 0 Å². The first kappa shape index (κ1) is 10.0. The molecule has 0 radical (unpaired) electrons. The van der Waals surface area contributed by atoms with E-state index >= 15 is 0 Å². The summed E-state index contributed by atoms with van der Waals surface area (Å²) in [6.07, 6.45) is -1.10. The molecule has 0 saturated carbocycles. The zero-order valence-corrected chi connectivity index (χ0v) is 8.56. The van der Waals surface area contributed by atoms with Crippen LogP contribution in [0, 0.1) is 0 Å². The van der Waals surface area contributed by atoms with Gasteiger partial charge in [-0.3, -0.25) is 0 Å². The molecule has 1 atom stereocenters. The van der Waals surface area contributed by atoms with E-state index in [1.807, 2.05) is 0 Å². The van der Waals surface area contributed by atoms with E-state index in [1.165, 1.54) is 0 Å². The predicted octanol–water partition coefficient (Wildman–Crippen LogP) is 2.46. The van der Waals surface area contributed by atoms with Crippen LogP contribution in [-0.2, 0) is 9.53 Å². The van der Waals surface area contributed by atoms with Crippen molar-refractivity contribution in [2.24, 2.45) is 0 Å². The number of ether oxygens (including phenoxy) is 1. The van der Waals surface area contributed by atoms with E-state index in [2.05, 4.69) is 4.74 Å². The van der Waals surface area contributed by atoms with Crippen LogP contribution < -0.4 is 0 Å². The van der Waals surface area contributed by atoms with Gasteiger partial charge in [0.05, 0.1) is 0 Å². The molecule has 7 heteroatoms. The number of rotatable bonds is 0. The van der Waals surface area contributed by atoms with Gasteiger partial charge in [0.1, 0.15) is 0 Å². The average molecular weight is 258 g/mol. The maximum absolute atomic E-state index is 10.5. The molecular formula is C4HCl5O2. The number of hydrogen-bond donors (Lipinski definition) is 0. The van der Waals surface area contributed by atoms with Crippen molar-refractivity contribution in [2.75, 3.05) is 0 Å². The monoisotopic (exact) mass is 256 g/mol. The fourth-order valence-electron chi connectivity index (χ4n) is 0.581. The number of esters is 1. The third-order valence-corrected chi connectivity index (χ3v) is 2.42. The average Bonchev–Trinajstić information content (AvgIpc) is 1.80. The number of carbonyl (C=O) groups is 1. The lowest BCUT2D eigenvalue weighted by Crippen LogP contribution is -2.60. The van der Waals surface area contributed by atoms with Crippen molar-refractivity contribution in [3.8, 4) is 0 Å². The highest BCUT2D eigenvalue weighted by atomic mass is 35.6. The van der Waals surface area contributed by atoms with Crippen LogP contribution in [0.5, 0.6) is 0 Å². The number of carbonyl (C=O) groups excluding carboxylic acids is 1. The molecule has 1 heterocycles. The first-order valence-electron chi connectivity index (χ1n) is 2.42. The van der Waals surface area contributed by atoms with E-state index in [-0.39, 0.29) is 0 Å². The smallest absolute Gasteiger partial charge is 0.347 e. The van der Waals surface area contributed by atoms with Gasteiger partial charge in [0, 0.05) is 0 Å². The summed E-state index contributed by atoms with van der Waals surface area (Å²) in [5.74, 6) is -0.794. The Morgan fingerprint density at radius 3 is 1.91 bits per heavy atom. The first-order valence-corrected chi connectivity index (χ1v) is 4.31. The zero-order chi connectivity index (χ0) is 8.86. The van der Waals surface area contributed by atoms with Crippen molar-refractivity contribution in [3.05, 3.63) is 0 Å². The summed E-state index contributed by atoms with van der Waals surface area (Å²) in [5, 5.41) is 0. The summed E-state index contributed by atoms with van der Waals surface area (Å²) >= 11 is 27.0. The van der Waals surface area contributed by atoms with Gasteiger partial charge in [0.2, 0.25) is 3.79 Å². The van der Waals surface area contributed by atoms with E-state index in [0.29, 0.717) is 0 Å². The standard InChI is InChI=1S/C4HCl5O2/c5-3(6)1(4(7,8)9)11-2(3)10/h1H. The largest absolute Gasteiger partial charge is 0.452 e. The maximum Gasteiger partial charge on any atom is 0.347 e. The van der Waals surface area contributed by atoms with Crippen LogP contribution in [0.4, 0.5) is 0 Å². The molecule has 0 amide bonds. The summed E-state index contributed by atoms with van der Waals surface area (Å²) in [5.41, 5.74) is 0. The van der Waals surface area contributed by atoms with Crippen molar-refractivity contribution >= 4 is 64.0 Å². The zero-order valence-electron chi connectivity index (χ0n) is 4.78. The Balaban J connectivity index is 2.75. The van der Waals surface area contributed by atoms with Crippen LogP contribution in [0.1, 0.15) is 0 Å². The highest BCUT2D eigenvalue weighted by Gasteiger charge is 2.64. The lowest BCUT2D eigenvalue weighted by atomic mass is 10.2. The van der Waals surface area contributed by atoms with Crippen LogP contribution in [0.2, 0.25) is 0 Å². The molecule has 0 aromatic carbocycles. The van der Waals surface area contributed by atoms with E-state index in [1.54, 1.807) is 0 Å². The topological polar surface area (TPSA) is 26.3 Å². The molecule has 1 aliphatic rings. The minimum Gasteiger partial charge on any atom is -0.452 e. The maximum atomic E-state index is 10.5. The van der Waals surface area contributed by atoms with Gasteiger partial charge in [-0.2, -0.15) is 0 Å². The molecule has 1 unspecified atom stereocenters. The van der Waals surface area contributed by atoms with Crippen LogP contribution in [0.25, 0.3) is 0 Å². The van der Waals surface area contributed by atoms with Crippen molar-refractivity contribution < 1.29 is 9.53 Å².